The van der Waals surface area contributed by atoms with Crippen molar-refractivity contribution in [2.24, 2.45) is 0 Å². The Labute approximate surface area is 116 Å². The van der Waals surface area contributed by atoms with E-state index in [2.05, 4.69) is 15.5 Å². The van der Waals surface area contributed by atoms with Gasteiger partial charge in [-0.25, -0.2) is 4.79 Å². The number of nitrogens with zero attached hydrogens (tertiary/aromatic N) is 1. The van der Waals surface area contributed by atoms with E-state index < -0.39 is 6.03 Å². The van der Waals surface area contributed by atoms with Crippen LogP contribution in [0.15, 0.2) is 0 Å². The molecule has 19 heavy (non-hydrogen) atoms. The first-order chi connectivity index (χ1) is 8.78. The van der Waals surface area contributed by atoms with Gasteiger partial charge in [-0.3, -0.25) is 15.0 Å². The Balaban J connectivity index is 2.31. The summed E-state index contributed by atoms with van der Waals surface area (Å²) in [4.78, 5) is 25.4. The van der Waals surface area contributed by atoms with Gasteiger partial charge < -0.3 is 5.32 Å². The van der Waals surface area contributed by atoms with Crippen LogP contribution in [0.4, 0.5) is 4.79 Å². The number of imide groups is 1. The quantitative estimate of drug-likeness (QED) is 0.822. The fourth-order valence-corrected chi connectivity index (χ4v) is 2.42. The smallest absolute Gasteiger partial charge is 0.321 e. The monoisotopic (exact) mass is 269 g/mol. The van der Waals surface area contributed by atoms with Crippen LogP contribution in [0.5, 0.6) is 0 Å². The Kier molecular flexibility index (Phi) is 5.79. The fourth-order valence-electron chi connectivity index (χ4n) is 2.42. The molecule has 0 saturated heterocycles. The van der Waals surface area contributed by atoms with Crippen molar-refractivity contribution in [3.05, 3.63) is 0 Å². The lowest BCUT2D eigenvalue weighted by Crippen LogP contribution is -2.50. The molecule has 2 N–H and O–H groups in total. The maximum Gasteiger partial charge on any atom is 0.321 e. The van der Waals surface area contributed by atoms with Crippen molar-refractivity contribution >= 4 is 11.9 Å². The van der Waals surface area contributed by atoms with E-state index in [4.69, 9.17) is 0 Å². The lowest BCUT2D eigenvalue weighted by molar-refractivity contribution is -0.121. The number of hydrogen-bond donors (Lipinski definition) is 2. The molecule has 0 aliphatic heterocycles. The molecular formula is C14H27N3O2. The number of amides is 3. The molecule has 1 rings (SSSR count). The van der Waals surface area contributed by atoms with Crippen molar-refractivity contribution in [2.45, 2.75) is 64.5 Å². The number of likely N-dealkylation sites (N-methyl/N-ethyl adjacent to an activating group) is 1. The number of rotatable bonds is 3. The van der Waals surface area contributed by atoms with E-state index in [0.29, 0.717) is 6.04 Å². The van der Waals surface area contributed by atoms with Crippen LogP contribution in [0.2, 0.25) is 0 Å². The highest BCUT2D eigenvalue weighted by Gasteiger charge is 2.21. The summed E-state index contributed by atoms with van der Waals surface area (Å²) in [6.07, 6.45) is 6.07. The Bertz CT molecular complexity index is 317. The average Bonchev–Trinajstić information content (AvgIpc) is 2.27. The normalized spacial score (nSPS) is 17.3. The summed E-state index contributed by atoms with van der Waals surface area (Å²) in [5, 5.41) is 5.09. The Morgan fingerprint density at radius 2 is 1.74 bits per heavy atom. The molecule has 110 valence electrons. The molecule has 0 bridgehead atoms. The minimum atomic E-state index is -0.422. The maximum atomic E-state index is 11.8. The van der Waals surface area contributed by atoms with Gasteiger partial charge in [-0.15, -0.1) is 0 Å². The molecule has 1 saturated carbocycles. The van der Waals surface area contributed by atoms with E-state index in [1.807, 2.05) is 27.8 Å². The SMILES string of the molecule is CN(CC(=O)NC(=O)NC(C)(C)C)C1CCCCC1. The average molecular weight is 269 g/mol. The van der Waals surface area contributed by atoms with Crippen LogP contribution in [0.25, 0.3) is 0 Å². The molecule has 5 nitrogen and oxygen atoms in total. The fraction of sp³-hybridized carbons (Fsp3) is 0.857. The molecule has 1 aliphatic carbocycles. The van der Waals surface area contributed by atoms with Crippen molar-refractivity contribution in [3.63, 3.8) is 0 Å². The first-order valence-electron chi connectivity index (χ1n) is 7.10. The predicted octanol–water partition coefficient (Wildman–Crippen LogP) is 1.88. The highest BCUT2D eigenvalue weighted by molar-refractivity contribution is 5.95. The van der Waals surface area contributed by atoms with Gasteiger partial charge in [-0.1, -0.05) is 19.3 Å². The number of carbonyl (C=O) groups is 2. The lowest BCUT2D eigenvalue weighted by atomic mass is 9.94. The van der Waals surface area contributed by atoms with Gasteiger partial charge in [0, 0.05) is 11.6 Å². The highest BCUT2D eigenvalue weighted by atomic mass is 16.2. The molecular weight excluding hydrogens is 242 g/mol. The summed E-state index contributed by atoms with van der Waals surface area (Å²) < 4.78 is 0. The minimum Gasteiger partial charge on any atom is -0.333 e. The number of urea groups is 1. The zero-order valence-electron chi connectivity index (χ0n) is 12.6. The molecule has 3 amide bonds. The third-order valence-corrected chi connectivity index (χ3v) is 3.33. The van der Waals surface area contributed by atoms with Crippen molar-refractivity contribution in [2.75, 3.05) is 13.6 Å². The first kappa shape index (κ1) is 16.0. The Hall–Kier alpha value is -1.10. The summed E-state index contributed by atoms with van der Waals surface area (Å²) in [6.45, 7) is 5.92. The Morgan fingerprint density at radius 3 is 2.26 bits per heavy atom. The van der Waals surface area contributed by atoms with Gasteiger partial charge in [0.15, 0.2) is 0 Å². The summed E-state index contributed by atoms with van der Waals surface area (Å²) in [6, 6.07) is 0.0553. The molecule has 0 aromatic carbocycles. The van der Waals surface area contributed by atoms with E-state index in [9.17, 15) is 9.59 Å². The van der Waals surface area contributed by atoms with E-state index in [0.717, 1.165) is 12.8 Å². The molecule has 0 unspecified atom stereocenters. The molecule has 0 heterocycles. The van der Waals surface area contributed by atoms with E-state index in [1.165, 1.54) is 19.3 Å². The number of carbonyl (C=O) groups excluding carboxylic acids is 2. The second kappa shape index (κ2) is 6.89. The summed E-state index contributed by atoms with van der Waals surface area (Å²) >= 11 is 0. The standard InChI is InChI=1S/C14H27N3O2/c1-14(2,3)16-13(19)15-12(18)10-17(4)11-8-6-5-7-9-11/h11H,5-10H2,1-4H3,(H2,15,16,18,19). The van der Waals surface area contributed by atoms with Crippen LogP contribution in [0, 0.1) is 0 Å². The van der Waals surface area contributed by atoms with Crippen molar-refractivity contribution < 1.29 is 9.59 Å². The zero-order valence-corrected chi connectivity index (χ0v) is 12.6. The van der Waals surface area contributed by atoms with Gasteiger partial charge in [0.05, 0.1) is 6.54 Å². The summed E-state index contributed by atoms with van der Waals surface area (Å²) in [5.41, 5.74) is -0.334. The van der Waals surface area contributed by atoms with Crippen molar-refractivity contribution in [1.82, 2.24) is 15.5 Å². The highest BCUT2D eigenvalue weighted by Crippen LogP contribution is 2.21. The van der Waals surface area contributed by atoms with Gasteiger partial charge in [-0.2, -0.15) is 0 Å². The molecule has 0 atom stereocenters. The van der Waals surface area contributed by atoms with E-state index >= 15 is 0 Å². The van der Waals surface area contributed by atoms with Gasteiger partial charge in [0.25, 0.3) is 0 Å². The first-order valence-corrected chi connectivity index (χ1v) is 7.10. The van der Waals surface area contributed by atoms with Crippen LogP contribution in [-0.4, -0.2) is 42.0 Å². The molecule has 0 spiro atoms. The predicted molar refractivity (Wildman–Crippen MR) is 75.9 cm³/mol. The van der Waals surface area contributed by atoms with Crippen LogP contribution >= 0.6 is 0 Å². The van der Waals surface area contributed by atoms with E-state index in [1.54, 1.807) is 0 Å². The van der Waals surface area contributed by atoms with Gasteiger partial charge >= 0.3 is 6.03 Å². The van der Waals surface area contributed by atoms with Crippen LogP contribution in [0.3, 0.4) is 0 Å². The Morgan fingerprint density at radius 1 is 1.16 bits per heavy atom. The summed E-state index contributed by atoms with van der Waals surface area (Å²) in [7, 11) is 1.96. The largest absolute Gasteiger partial charge is 0.333 e. The number of nitrogens with one attached hydrogen (secondary N) is 2. The second-order valence-electron chi connectivity index (χ2n) is 6.46. The molecule has 0 aromatic heterocycles. The van der Waals surface area contributed by atoms with Crippen molar-refractivity contribution in [3.8, 4) is 0 Å². The molecule has 1 aliphatic rings. The van der Waals surface area contributed by atoms with Gasteiger partial charge in [0.2, 0.25) is 5.91 Å². The van der Waals surface area contributed by atoms with Crippen LogP contribution in [0.1, 0.15) is 52.9 Å². The lowest BCUT2D eigenvalue weighted by Gasteiger charge is -2.30. The second-order valence-corrected chi connectivity index (χ2v) is 6.46. The molecule has 0 radical (unpaired) electrons. The topological polar surface area (TPSA) is 61.4 Å². The molecule has 5 heteroatoms. The third-order valence-electron chi connectivity index (χ3n) is 3.33. The van der Waals surface area contributed by atoms with Gasteiger partial charge in [0.1, 0.15) is 0 Å². The maximum absolute atomic E-state index is 11.8. The number of hydrogen-bond acceptors (Lipinski definition) is 3. The molecule has 0 aromatic rings. The van der Waals surface area contributed by atoms with E-state index in [-0.39, 0.29) is 18.0 Å². The summed E-state index contributed by atoms with van der Waals surface area (Å²) in [5.74, 6) is -0.241. The third kappa shape index (κ3) is 6.57. The zero-order chi connectivity index (χ0) is 14.5. The minimum absolute atomic E-state index is 0.241. The van der Waals surface area contributed by atoms with Gasteiger partial charge in [-0.05, 0) is 40.7 Å². The van der Waals surface area contributed by atoms with Crippen LogP contribution in [-0.2, 0) is 4.79 Å². The van der Waals surface area contributed by atoms with Crippen molar-refractivity contribution in [1.29, 1.82) is 0 Å². The van der Waals surface area contributed by atoms with Crippen LogP contribution < -0.4 is 10.6 Å². The molecule has 1 fully saturated rings.